The van der Waals surface area contributed by atoms with Gasteiger partial charge in [-0.15, -0.1) is 23.7 Å². The monoisotopic (exact) mass is 304 g/mol. The van der Waals surface area contributed by atoms with Crippen LogP contribution in [0.15, 0.2) is 6.20 Å². The Bertz CT molecular complexity index is 371. The number of piperidine rings is 1. The van der Waals surface area contributed by atoms with Gasteiger partial charge in [-0.3, -0.25) is 0 Å². The minimum atomic E-state index is 0. The van der Waals surface area contributed by atoms with Crippen LogP contribution in [0.25, 0.3) is 0 Å². The van der Waals surface area contributed by atoms with Crippen LogP contribution in [0, 0.1) is 0 Å². The van der Waals surface area contributed by atoms with Crippen molar-refractivity contribution < 1.29 is 0 Å². The smallest absolute Gasteiger partial charge is 0.180 e. The van der Waals surface area contributed by atoms with Gasteiger partial charge >= 0.3 is 0 Å². The minimum absolute atomic E-state index is 0. The topological polar surface area (TPSA) is 45.4 Å². The fourth-order valence-electron chi connectivity index (χ4n) is 2.62. The van der Waals surface area contributed by atoms with Crippen molar-refractivity contribution in [2.45, 2.75) is 38.3 Å². The Kier molecular flexibility index (Phi) is 7.07. The number of anilines is 1. The number of likely N-dealkylation sites (tertiary alicyclic amines) is 1. The first kappa shape index (κ1) is 16.7. The van der Waals surface area contributed by atoms with Gasteiger partial charge in [0.1, 0.15) is 0 Å². The zero-order valence-electron chi connectivity index (χ0n) is 11.8. The molecule has 2 rings (SSSR count). The zero-order chi connectivity index (χ0) is 13.0. The van der Waals surface area contributed by atoms with E-state index < -0.39 is 0 Å². The molecule has 0 aliphatic carbocycles. The number of nitrogens with zero attached hydrogens (tertiary/aromatic N) is 3. The van der Waals surface area contributed by atoms with Crippen molar-refractivity contribution in [1.82, 2.24) is 14.8 Å². The highest BCUT2D eigenvalue weighted by Crippen LogP contribution is 2.19. The van der Waals surface area contributed by atoms with E-state index in [0.717, 1.165) is 19.1 Å². The van der Waals surface area contributed by atoms with E-state index in [1.165, 1.54) is 37.1 Å². The molecule has 0 radical (unpaired) electrons. The second-order valence-corrected chi connectivity index (χ2v) is 6.47. The first-order valence-corrected chi connectivity index (χ1v) is 7.56. The number of rotatable bonds is 5. The maximum Gasteiger partial charge on any atom is 0.180 e. The van der Waals surface area contributed by atoms with Gasteiger partial charge in [0.2, 0.25) is 0 Å². The molecule has 2 heterocycles. The first-order chi connectivity index (χ1) is 8.65. The quantitative estimate of drug-likeness (QED) is 0.907. The molecule has 19 heavy (non-hydrogen) atoms. The molecule has 1 aliphatic rings. The number of nitrogens with two attached hydrogens (primary N) is 1. The van der Waals surface area contributed by atoms with Gasteiger partial charge < -0.3 is 15.5 Å². The Labute approximate surface area is 126 Å². The molecule has 1 saturated heterocycles. The molecular weight excluding hydrogens is 280 g/mol. The molecule has 1 unspecified atom stereocenters. The van der Waals surface area contributed by atoms with Crippen LogP contribution in [0.1, 0.15) is 30.6 Å². The Morgan fingerprint density at radius 1 is 1.53 bits per heavy atom. The Balaban J connectivity index is 0.00000180. The van der Waals surface area contributed by atoms with Gasteiger partial charge in [-0.25, -0.2) is 4.98 Å². The molecule has 1 aromatic rings. The highest BCUT2D eigenvalue weighted by atomic mass is 35.5. The second-order valence-electron chi connectivity index (χ2n) is 5.32. The molecule has 1 aliphatic heterocycles. The standard InChI is InChI=1S/C13H24N4S.ClH/c1-16(10-12-9-15-13(14)18-12)8-6-11-5-3-4-7-17(11)2;/h9,11H,3-8,10H2,1-2H3,(H2,14,15);1H. The van der Waals surface area contributed by atoms with Crippen molar-refractivity contribution in [2.24, 2.45) is 0 Å². The summed E-state index contributed by atoms with van der Waals surface area (Å²) in [6.07, 6.45) is 7.27. The van der Waals surface area contributed by atoms with Crippen LogP contribution in [-0.4, -0.2) is 48.0 Å². The van der Waals surface area contributed by atoms with Gasteiger partial charge in [-0.1, -0.05) is 6.42 Å². The van der Waals surface area contributed by atoms with Crippen molar-refractivity contribution in [1.29, 1.82) is 0 Å². The van der Waals surface area contributed by atoms with Crippen LogP contribution < -0.4 is 5.73 Å². The van der Waals surface area contributed by atoms with E-state index in [9.17, 15) is 0 Å². The summed E-state index contributed by atoms with van der Waals surface area (Å²) in [7, 11) is 4.44. The van der Waals surface area contributed by atoms with Crippen LogP contribution in [0.3, 0.4) is 0 Å². The molecule has 4 nitrogen and oxygen atoms in total. The van der Waals surface area contributed by atoms with Gasteiger partial charge in [0, 0.05) is 23.7 Å². The molecule has 0 saturated carbocycles. The molecule has 110 valence electrons. The number of hydrogen-bond donors (Lipinski definition) is 1. The van der Waals surface area contributed by atoms with Crippen molar-refractivity contribution in [3.63, 3.8) is 0 Å². The van der Waals surface area contributed by atoms with Crippen LogP contribution in [0.4, 0.5) is 5.13 Å². The summed E-state index contributed by atoms with van der Waals surface area (Å²) in [6, 6.07) is 0.771. The van der Waals surface area contributed by atoms with E-state index in [1.807, 2.05) is 6.20 Å². The molecule has 0 amide bonds. The van der Waals surface area contributed by atoms with Crippen molar-refractivity contribution in [3.8, 4) is 0 Å². The molecule has 1 fully saturated rings. The van der Waals surface area contributed by atoms with E-state index in [1.54, 1.807) is 11.3 Å². The molecule has 0 bridgehead atoms. The molecule has 1 aromatic heterocycles. The van der Waals surface area contributed by atoms with E-state index >= 15 is 0 Å². The lowest BCUT2D eigenvalue weighted by Gasteiger charge is -2.33. The first-order valence-electron chi connectivity index (χ1n) is 6.74. The normalized spacial score (nSPS) is 20.5. The highest BCUT2D eigenvalue weighted by molar-refractivity contribution is 7.15. The van der Waals surface area contributed by atoms with Crippen molar-refractivity contribution in [2.75, 3.05) is 32.9 Å². The summed E-state index contributed by atoms with van der Waals surface area (Å²) in [5.74, 6) is 0. The van der Waals surface area contributed by atoms with Gasteiger partial charge in [0.05, 0.1) is 0 Å². The SMILES string of the molecule is CN(CCC1CCCCN1C)Cc1cnc(N)s1.Cl. The van der Waals surface area contributed by atoms with Crippen LogP contribution in [0.2, 0.25) is 0 Å². The van der Waals surface area contributed by atoms with Crippen molar-refractivity contribution in [3.05, 3.63) is 11.1 Å². The summed E-state index contributed by atoms with van der Waals surface area (Å²) in [5.41, 5.74) is 5.65. The third kappa shape index (κ3) is 5.26. The minimum Gasteiger partial charge on any atom is -0.375 e. The fourth-order valence-corrected chi connectivity index (χ4v) is 3.38. The predicted octanol–water partition coefficient (Wildman–Crippen LogP) is 2.45. The molecule has 2 N–H and O–H groups in total. The average molecular weight is 305 g/mol. The predicted molar refractivity (Wildman–Crippen MR) is 85.0 cm³/mol. The summed E-state index contributed by atoms with van der Waals surface area (Å²) < 4.78 is 0. The molecule has 1 atom stereocenters. The van der Waals surface area contributed by atoms with E-state index in [4.69, 9.17) is 5.73 Å². The van der Waals surface area contributed by atoms with Crippen LogP contribution in [0.5, 0.6) is 0 Å². The summed E-state index contributed by atoms with van der Waals surface area (Å²) >= 11 is 1.59. The van der Waals surface area contributed by atoms with E-state index in [0.29, 0.717) is 5.13 Å². The zero-order valence-corrected chi connectivity index (χ0v) is 13.5. The van der Waals surface area contributed by atoms with Crippen LogP contribution >= 0.6 is 23.7 Å². The van der Waals surface area contributed by atoms with Gasteiger partial charge in [-0.2, -0.15) is 0 Å². The van der Waals surface area contributed by atoms with Crippen LogP contribution in [-0.2, 0) is 6.54 Å². The Hall–Kier alpha value is -0.360. The maximum absolute atomic E-state index is 5.65. The van der Waals surface area contributed by atoms with Gasteiger partial charge in [0.25, 0.3) is 0 Å². The molecular formula is C13H25ClN4S. The van der Waals surface area contributed by atoms with E-state index in [2.05, 4.69) is 28.9 Å². The molecule has 0 spiro atoms. The highest BCUT2D eigenvalue weighted by Gasteiger charge is 2.18. The number of halogens is 1. The largest absolute Gasteiger partial charge is 0.375 e. The number of thiazole rings is 1. The maximum atomic E-state index is 5.65. The lowest BCUT2D eigenvalue weighted by atomic mass is 10.00. The lowest BCUT2D eigenvalue weighted by molar-refractivity contribution is 0.159. The third-order valence-corrected chi connectivity index (χ3v) is 4.57. The number of hydrogen-bond acceptors (Lipinski definition) is 5. The summed E-state index contributed by atoms with van der Waals surface area (Å²) in [6.45, 7) is 3.37. The average Bonchev–Trinajstić information content (AvgIpc) is 2.74. The lowest BCUT2D eigenvalue weighted by Crippen LogP contribution is -2.38. The third-order valence-electron chi connectivity index (χ3n) is 3.76. The summed E-state index contributed by atoms with van der Waals surface area (Å²) in [4.78, 5) is 10.2. The fraction of sp³-hybridized carbons (Fsp3) is 0.769. The second kappa shape index (κ2) is 8.04. The number of aromatic nitrogens is 1. The van der Waals surface area contributed by atoms with Gasteiger partial charge in [-0.05, 0) is 46.4 Å². The molecule has 6 heteroatoms. The Morgan fingerprint density at radius 2 is 2.32 bits per heavy atom. The Morgan fingerprint density at radius 3 is 2.95 bits per heavy atom. The van der Waals surface area contributed by atoms with E-state index in [-0.39, 0.29) is 12.4 Å². The summed E-state index contributed by atoms with van der Waals surface area (Å²) in [5, 5.41) is 0.672. The molecule has 0 aromatic carbocycles. The number of nitrogen functional groups attached to an aromatic ring is 1. The van der Waals surface area contributed by atoms with Crippen molar-refractivity contribution >= 4 is 28.9 Å². The van der Waals surface area contributed by atoms with Gasteiger partial charge in [0.15, 0.2) is 5.13 Å².